The van der Waals surface area contributed by atoms with E-state index in [2.05, 4.69) is 44.3 Å². The molecule has 1 N–H and O–H groups in total. The van der Waals surface area contributed by atoms with Crippen LogP contribution in [-0.2, 0) is 0 Å². The normalized spacial score (nSPS) is 12.4. The number of methoxy groups -OCH3 is 1. The van der Waals surface area contributed by atoms with Crippen LogP contribution in [-0.4, -0.2) is 25.2 Å². The summed E-state index contributed by atoms with van der Waals surface area (Å²) in [7, 11) is 1.75. The zero-order valence-electron chi connectivity index (χ0n) is 12.7. The molecule has 1 rings (SSSR count). The predicted octanol–water partition coefficient (Wildman–Crippen LogP) is 4.19. The SMILES string of the molecule is CCCCSCC(NCC)c1cc(C)ccc1OC. The van der Waals surface area contributed by atoms with Crippen LogP contribution in [0.25, 0.3) is 0 Å². The van der Waals surface area contributed by atoms with E-state index < -0.39 is 0 Å². The monoisotopic (exact) mass is 281 g/mol. The first-order chi connectivity index (χ1) is 9.22. The molecule has 0 fully saturated rings. The molecule has 1 atom stereocenters. The van der Waals surface area contributed by atoms with E-state index in [0.717, 1.165) is 18.0 Å². The maximum Gasteiger partial charge on any atom is 0.123 e. The molecule has 0 aliphatic heterocycles. The van der Waals surface area contributed by atoms with Gasteiger partial charge in [-0.1, -0.05) is 38.0 Å². The van der Waals surface area contributed by atoms with Crippen LogP contribution in [0.5, 0.6) is 5.75 Å². The molecule has 108 valence electrons. The molecule has 1 unspecified atom stereocenters. The van der Waals surface area contributed by atoms with Crippen molar-refractivity contribution in [3.05, 3.63) is 29.3 Å². The van der Waals surface area contributed by atoms with Gasteiger partial charge in [-0.05, 0) is 31.7 Å². The Bertz CT molecular complexity index is 368. The van der Waals surface area contributed by atoms with E-state index >= 15 is 0 Å². The minimum atomic E-state index is 0.377. The minimum Gasteiger partial charge on any atom is -0.496 e. The van der Waals surface area contributed by atoms with E-state index in [1.807, 2.05) is 11.8 Å². The third-order valence-electron chi connectivity index (χ3n) is 3.14. The number of nitrogens with one attached hydrogen (secondary N) is 1. The van der Waals surface area contributed by atoms with E-state index in [0.29, 0.717) is 6.04 Å². The maximum absolute atomic E-state index is 5.51. The van der Waals surface area contributed by atoms with Crippen molar-refractivity contribution in [2.24, 2.45) is 0 Å². The lowest BCUT2D eigenvalue weighted by Gasteiger charge is -2.21. The fourth-order valence-corrected chi connectivity index (χ4v) is 3.27. The van der Waals surface area contributed by atoms with E-state index in [-0.39, 0.29) is 0 Å². The largest absolute Gasteiger partial charge is 0.496 e. The van der Waals surface area contributed by atoms with Crippen molar-refractivity contribution in [2.75, 3.05) is 25.2 Å². The highest BCUT2D eigenvalue weighted by Crippen LogP contribution is 2.28. The van der Waals surface area contributed by atoms with Crippen LogP contribution in [0.3, 0.4) is 0 Å². The number of aryl methyl sites for hydroxylation is 1. The number of hydrogen-bond acceptors (Lipinski definition) is 3. The van der Waals surface area contributed by atoms with Gasteiger partial charge in [-0.25, -0.2) is 0 Å². The van der Waals surface area contributed by atoms with Crippen molar-refractivity contribution >= 4 is 11.8 Å². The predicted molar refractivity (Wildman–Crippen MR) is 86.4 cm³/mol. The second-order valence-corrected chi connectivity index (χ2v) is 5.93. The zero-order chi connectivity index (χ0) is 14.1. The van der Waals surface area contributed by atoms with Gasteiger partial charge in [-0.3, -0.25) is 0 Å². The van der Waals surface area contributed by atoms with Gasteiger partial charge in [-0.15, -0.1) is 0 Å². The highest BCUT2D eigenvalue weighted by Gasteiger charge is 2.15. The van der Waals surface area contributed by atoms with Crippen molar-refractivity contribution in [3.8, 4) is 5.75 Å². The fraction of sp³-hybridized carbons (Fsp3) is 0.625. The Balaban J connectivity index is 2.76. The lowest BCUT2D eigenvalue weighted by atomic mass is 10.0. The topological polar surface area (TPSA) is 21.3 Å². The van der Waals surface area contributed by atoms with Gasteiger partial charge in [0.15, 0.2) is 0 Å². The summed E-state index contributed by atoms with van der Waals surface area (Å²) in [4.78, 5) is 0. The third kappa shape index (κ3) is 5.45. The molecule has 0 saturated heterocycles. The van der Waals surface area contributed by atoms with Crippen LogP contribution < -0.4 is 10.1 Å². The number of benzene rings is 1. The summed E-state index contributed by atoms with van der Waals surface area (Å²) in [6, 6.07) is 6.80. The summed E-state index contributed by atoms with van der Waals surface area (Å²) in [5.41, 5.74) is 2.57. The summed E-state index contributed by atoms with van der Waals surface area (Å²) in [6.45, 7) is 7.52. The van der Waals surface area contributed by atoms with Crippen LogP contribution in [0.2, 0.25) is 0 Å². The number of ether oxygens (including phenoxy) is 1. The van der Waals surface area contributed by atoms with Crippen molar-refractivity contribution in [3.63, 3.8) is 0 Å². The van der Waals surface area contributed by atoms with Gasteiger partial charge in [0, 0.05) is 17.4 Å². The Hall–Kier alpha value is -0.670. The lowest BCUT2D eigenvalue weighted by molar-refractivity contribution is 0.403. The van der Waals surface area contributed by atoms with Crippen LogP contribution in [0.4, 0.5) is 0 Å². The second kappa shape index (κ2) is 9.27. The van der Waals surface area contributed by atoms with Crippen molar-refractivity contribution in [1.82, 2.24) is 5.32 Å². The van der Waals surface area contributed by atoms with Gasteiger partial charge in [0.2, 0.25) is 0 Å². The summed E-state index contributed by atoms with van der Waals surface area (Å²) >= 11 is 2.03. The minimum absolute atomic E-state index is 0.377. The molecule has 0 spiro atoms. The van der Waals surface area contributed by atoms with Gasteiger partial charge in [0.25, 0.3) is 0 Å². The number of thioether (sulfide) groups is 1. The zero-order valence-corrected chi connectivity index (χ0v) is 13.5. The number of hydrogen-bond donors (Lipinski definition) is 1. The van der Waals surface area contributed by atoms with Crippen LogP contribution in [0.15, 0.2) is 18.2 Å². The Kier molecular flexibility index (Phi) is 7.99. The summed E-state index contributed by atoms with van der Waals surface area (Å²) in [5, 5.41) is 3.58. The lowest BCUT2D eigenvalue weighted by Crippen LogP contribution is -2.23. The molecule has 19 heavy (non-hydrogen) atoms. The van der Waals surface area contributed by atoms with Crippen molar-refractivity contribution < 1.29 is 4.74 Å². The number of rotatable bonds is 9. The molecule has 0 radical (unpaired) electrons. The van der Waals surface area contributed by atoms with Gasteiger partial charge in [-0.2, -0.15) is 11.8 Å². The van der Waals surface area contributed by atoms with E-state index in [1.54, 1.807) is 7.11 Å². The fourth-order valence-electron chi connectivity index (χ4n) is 2.08. The first-order valence-electron chi connectivity index (χ1n) is 7.18. The Morgan fingerprint density at radius 2 is 2.11 bits per heavy atom. The van der Waals surface area contributed by atoms with Crippen molar-refractivity contribution in [1.29, 1.82) is 0 Å². The molecule has 3 heteroatoms. The highest BCUT2D eigenvalue weighted by molar-refractivity contribution is 7.99. The van der Waals surface area contributed by atoms with Crippen LogP contribution >= 0.6 is 11.8 Å². The molecule has 2 nitrogen and oxygen atoms in total. The first kappa shape index (κ1) is 16.4. The first-order valence-corrected chi connectivity index (χ1v) is 8.34. The second-order valence-electron chi connectivity index (χ2n) is 4.78. The van der Waals surface area contributed by atoms with Gasteiger partial charge in [0.1, 0.15) is 5.75 Å². The van der Waals surface area contributed by atoms with Crippen molar-refractivity contribution in [2.45, 2.75) is 39.7 Å². The molecule has 0 amide bonds. The molecule has 0 aromatic heterocycles. The van der Waals surface area contributed by atoms with Gasteiger partial charge in [0.05, 0.1) is 7.11 Å². The molecule has 0 aliphatic carbocycles. The Morgan fingerprint density at radius 3 is 2.74 bits per heavy atom. The smallest absolute Gasteiger partial charge is 0.123 e. The van der Waals surface area contributed by atoms with Gasteiger partial charge >= 0.3 is 0 Å². The van der Waals surface area contributed by atoms with E-state index in [4.69, 9.17) is 4.74 Å². The molecular formula is C16H27NOS. The highest BCUT2D eigenvalue weighted by atomic mass is 32.2. The average molecular weight is 281 g/mol. The third-order valence-corrected chi connectivity index (χ3v) is 4.28. The summed E-state index contributed by atoms with van der Waals surface area (Å²) in [5.74, 6) is 3.34. The van der Waals surface area contributed by atoms with Crippen LogP contribution in [0.1, 0.15) is 43.9 Å². The Labute approximate surface area is 122 Å². The van der Waals surface area contributed by atoms with E-state index in [9.17, 15) is 0 Å². The van der Waals surface area contributed by atoms with Crippen LogP contribution in [0, 0.1) is 6.92 Å². The molecule has 0 bridgehead atoms. The molecular weight excluding hydrogens is 254 g/mol. The number of unbranched alkanes of at least 4 members (excludes halogenated alkanes) is 1. The standard InChI is InChI=1S/C16H27NOS/c1-5-7-10-19-12-15(17-6-2)14-11-13(3)8-9-16(14)18-4/h8-9,11,15,17H,5-7,10,12H2,1-4H3. The molecule has 0 heterocycles. The Morgan fingerprint density at radius 1 is 1.32 bits per heavy atom. The summed E-state index contributed by atoms with van der Waals surface area (Å²) < 4.78 is 5.51. The molecule has 1 aromatic carbocycles. The molecule has 1 aromatic rings. The maximum atomic E-state index is 5.51. The summed E-state index contributed by atoms with van der Waals surface area (Å²) in [6.07, 6.45) is 2.57. The average Bonchev–Trinajstić information content (AvgIpc) is 2.42. The quantitative estimate of drug-likeness (QED) is 0.686. The molecule has 0 aliphatic rings. The van der Waals surface area contributed by atoms with Gasteiger partial charge < -0.3 is 10.1 Å². The molecule has 0 saturated carbocycles. The van der Waals surface area contributed by atoms with E-state index in [1.165, 1.54) is 29.7 Å².